The van der Waals surface area contributed by atoms with Gasteiger partial charge in [0.15, 0.2) is 12.2 Å². The molecule has 1 aliphatic rings. The van der Waals surface area contributed by atoms with Crippen LogP contribution < -0.4 is 10.7 Å². The maximum absolute atomic E-state index is 12.5. The minimum absolute atomic E-state index is 0.121. The third kappa shape index (κ3) is 4.08. The Hall–Kier alpha value is -3.35. The van der Waals surface area contributed by atoms with Gasteiger partial charge >= 0.3 is 11.7 Å². The number of hydrogen-bond acceptors (Lipinski definition) is 5. The van der Waals surface area contributed by atoms with E-state index in [1.807, 2.05) is 30.3 Å². The van der Waals surface area contributed by atoms with Crippen molar-refractivity contribution in [2.75, 3.05) is 18.1 Å². The first-order chi connectivity index (χ1) is 14.1. The molecule has 0 spiro atoms. The van der Waals surface area contributed by atoms with Crippen molar-refractivity contribution < 1.29 is 18.7 Å². The van der Waals surface area contributed by atoms with E-state index in [9.17, 15) is 14.4 Å². The van der Waals surface area contributed by atoms with Crippen LogP contribution in [0.2, 0.25) is 0 Å². The van der Waals surface area contributed by atoms with E-state index in [4.69, 9.17) is 9.15 Å². The largest absolute Gasteiger partial charge is 0.456 e. The van der Waals surface area contributed by atoms with Gasteiger partial charge in [-0.05, 0) is 43.0 Å². The topological polar surface area (TPSA) is 81.7 Å². The first-order valence-corrected chi connectivity index (χ1v) is 9.76. The number of nitrogens with zero attached hydrogens (tertiary/aromatic N) is 2. The zero-order valence-electron chi connectivity index (χ0n) is 16.0. The molecule has 1 aliphatic heterocycles. The molecule has 0 aliphatic carbocycles. The van der Waals surface area contributed by atoms with E-state index in [1.54, 1.807) is 23.1 Å². The second kappa shape index (κ2) is 8.34. The minimum atomic E-state index is -0.454. The van der Waals surface area contributed by atoms with Crippen LogP contribution in [0.4, 0.5) is 5.69 Å². The van der Waals surface area contributed by atoms with Gasteiger partial charge in [-0.1, -0.05) is 30.3 Å². The summed E-state index contributed by atoms with van der Waals surface area (Å²) >= 11 is 0. The average molecular weight is 394 g/mol. The molecule has 3 aromatic rings. The molecule has 0 radical (unpaired) electrons. The van der Waals surface area contributed by atoms with Crippen molar-refractivity contribution in [1.82, 2.24) is 4.57 Å². The van der Waals surface area contributed by atoms with Gasteiger partial charge in [-0.3, -0.25) is 14.2 Å². The average Bonchev–Trinajstić information content (AvgIpc) is 3.07. The maximum atomic E-state index is 12.5. The van der Waals surface area contributed by atoms with Gasteiger partial charge in [0.25, 0.3) is 5.91 Å². The number of rotatable bonds is 6. The summed E-state index contributed by atoms with van der Waals surface area (Å²) in [7, 11) is 0. The molecule has 0 fully saturated rings. The van der Waals surface area contributed by atoms with E-state index in [2.05, 4.69) is 0 Å². The molecular formula is C22H22N2O5. The van der Waals surface area contributed by atoms with Crippen LogP contribution >= 0.6 is 0 Å². The molecule has 1 amide bonds. The molecule has 0 saturated carbocycles. The van der Waals surface area contributed by atoms with E-state index < -0.39 is 11.7 Å². The van der Waals surface area contributed by atoms with Crippen molar-refractivity contribution in [3.63, 3.8) is 0 Å². The number of carbonyl (C=O) groups excluding carboxylic acids is 2. The molecule has 4 rings (SSSR count). The predicted molar refractivity (Wildman–Crippen MR) is 108 cm³/mol. The number of fused-ring (bicyclic) bond motifs is 2. The Labute approximate surface area is 167 Å². The Bertz CT molecular complexity index is 1100. The number of esters is 1. The molecule has 1 aromatic heterocycles. The summed E-state index contributed by atoms with van der Waals surface area (Å²) in [5, 5.41) is 0. The summed E-state index contributed by atoms with van der Waals surface area (Å²) in [6.07, 6.45) is 2.38. The van der Waals surface area contributed by atoms with Crippen LogP contribution in [0, 0.1) is 0 Å². The highest BCUT2D eigenvalue weighted by atomic mass is 16.5. The number of aromatic nitrogens is 1. The molecule has 0 atom stereocenters. The van der Waals surface area contributed by atoms with Gasteiger partial charge in [0.2, 0.25) is 0 Å². The number of hydrogen-bond donors (Lipinski definition) is 0. The van der Waals surface area contributed by atoms with Crippen molar-refractivity contribution in [2.45, 2.75) is 32.2 Å². The van der Waals surface area contributed by atoms with Gasteiger partial charge in [-0.25, -0.2) is 4.79 Å². The fourth-order valence-corrected chi connectivity index (χ4v) is 3.69. The van der Waals surface area contributed by atoms with Crippen molar-refractivity contribution in [2.24, 2.45) is 0 Å². The highest BCUT2D eigenvalue weighted by Gasteiger charge is 2.23. The number of carbonyl (C=O) groups is 2. The number of amides is 1. The lowest BCUT2D eigenvalue weighted by molar-refractivity contribution is -0.148. The second-order valence-corrected chi connectivity index (χ2v) is 7.03. The molecule has 0 bridgehead atoms. The third-order valence-corrected chi connectivity index (χ3v) is 5.10. The summed E-state index contributed by atoms with van der Waals surface area (Å²) in [6.45, 7) is 0.698. The SMILES string of the molecule is O=C(CCCn1c(=O)oc2ccccc21)OCC(=O)N1CCCc2ccccc21. The normalized spacial score (nSPS) is 13.3. The minimum Gasteiger partial charge on any atom is -0.456 e. The van der Waals surface area contributed by atoms with Crippen molar-refractivity contribution >= 4 is 28.7 Å². The summed E-state index contributed by atoms with van der Waals surface area (Å²) in [4.78, 5) is 38.2. The molecule has 7 nitrogen and oxygen atoms in total. The second-order valence-electron chi connectivity index (χ2n) is 7.03. The molecule has 2 aromatic carbocycles. The molecule has 0 saturated heterocycles. The van der Waals surface area contributed by atoms with Crippen LogP contribution in [0.5, 0.6) is 0 Å². The summed E-state index contributed by atoms with van der Waals surface area (Å²) in [5.41, 5.74) is 3.25. The zero-order valence-corrected chi connectivity index (χ0v) is 16.0. The Morgan fingerprint density at radius 1 is 1.07 bits per heavy atom. The van der Waals surface area contributed by atoms with Crippen molar-refractivity contribution in [1.29, 1.82) is 0 Å². The predicted octanol–water partition coefficient (Wildman–Crippen LogP) is 2.90. The van der Waals surface area contributed by atoms with Gasteiger partial charge in [-0.15, -0.1) is 0 Å². The molecular weight excluding hydrogens is 372 g/mol. The number of para-hydroxylation sites is 3. The van der Waals surface area contributed by atoms with E-state index in [0.717, 1.165) is 24.1 Å². The summed E-state index contributed by atoms with van der Waals surface area (Å²) in [6, 6.07) is 14.9. The van der Waals surface area contributed by atoms with Crippen LogP contribution in [0.1, 0.15) is 24.8 Å². The maximum Gasteiger partial charge on any atom is 0.419 e. The van der Waals surface area contributed by atoms with Gasteiger partial charge in [0, 0.05) is 25.2 Å². The lowest BCUT2D eigenvalue weighted by Gasteiger charge is -2.29. The van der Waals surface area contributed by atoms with E-state index in [0.29, 0.717) is 30.6 Å². The van der Waals surface area contributed by atoms with E-state index in [-0.39, 0.29) is 18.9 Å². The highest BCUT2D eigenvalue weighted by Crippen LogP contribution is 2.26. The Morgan fingerprint density at radius 3 is 2.76 bits per heavy atom. The Balaban J connectivity index is 1.28. The third-order valence-electron chi connectivity index (χ3n) is 5.10. The first-order valence-electron chi connectivity index (χ1n) is 9.76. The zero-order chi connectivity index (χ0) is 20.2. The molecule has 150 valence electrons. The highest BCUT2D eigenvalue weighted by molar-refractivity contribution is 5.96. The quantitative estimate of drug-likeness (QED) is 0.601. The Kier molecular flexibility index (Phi) is 5.46. The number of oxazole rings is 1. The standard InChI is InChI=1S/C22H22N2O5/c25-20(23-13-5-8-16-7-1-2-9-17(16)23)15-28-21(26)12-6-14-24-18-10-3-4-11-19(18)29-22(24)27/h1-4,7,9-11H,5-6,8,12-15H2. The summed E-state index contributed by atoms with van der Waals surface area (Å²) < 4.78 is 11.8. The molecule has 0 unspecified atom stereocenters. The number of anilines is 1. The number of aryl methyl sites for hydroxylation is 2. The van der Waals surface area contributed by atoms with Crippen LogP contribution in [0.25, 0.3) is 11.1 Å². The molecule has 7 heteroatoms. The van der Waals surface area contributed by atoms with Crippen LogP contribution in [-0.2, 0) is 27.3 Å². The van der Waals surface area contributed by atoms with Crippen LogP contribution in [0.15, 0.2) is 57.7 Å². The van der Waals surface area contributed by atoms with E-state index in [1.165, 1.54) is 4.57 Å². The van der Waals surface area contributed by atoms with E-state index >= 15 is 0 Å². The number of benzene rings is 2. The molecule has 0 N–H and O–H groups in total. The Morgan fingerprint density at radius 2 is 1.86 bits per heavy atom. The van der Waals surface area contributed by atoms with Gasteiger partial charge in [0.1, 0.15) is 0 Å². The number of ether oxygens (including phenoxy) is 1. The molecule has 29 heavy (non-hydrogen) atoms. The van der Waals surface area contributed by atoms with Crippen molar-refractivity contribution in [3.8, 4) is 0 Å². The fourth-order valence-electron chi connectivity index (χ4n) is 3.69. The lowest BCUT2D eigenvalue weighted by Crippen LogP contribution is -2.38. The van der Waals surface area contributed by atoms with Crippen LogP contribution in [0.3, 0.4) is 0 Å². The lowest BCUT2D eigenvalue weighted by atomic mass is 10.0. The van der Waals surface area contributed by atoms with Gasteiger partial charge in [-0.2, -0.15) is 0 Å². The van der Waals surface area contributed by atoms with Crippen molar-refractivity contribution in [3.05, 3.63) is 64.6 Å². The summed E-state index contributed by atoms with van der Waals surface area (Å²) in [5.74, 6) is -1.12. The van der Waals surface area contributed by atoms with Gasteiger partial charge < -0.3 is 14.1 Å². The first kappa shape index (κ1) is 19.0. The molecule has 2 heterocycles. The monoisotopic (exact) mass is 394 g/mol. The smallest absolute Gasteiger partial charge is 0.419 e. The van der Waals surface area contributed by atoms with Gasteiger partial charge in [0.05, 0.1) is 5.52 Å². The van der Waals surface area contributed by atoms with Crippen LogP contribution in [-0.4, -0.2) is 29.6 Å². The fraction of sp³-hybridized carbons (Fsp3) is 0.318.